The van der Waals surface area contributed by atoms with E-state index in [0.717, 1.165) is 12.3 Å². The van der Waals surface area contributed by atoms with Crippen molar-refractivity contribution in [1.82, 2.24) is 5.32 Å². The number of hydrogen-bond donors (Lipinski definition) is 1. The normalized spacial score (nSPS) is 12.4. The summed E-state index contributed by atoms with van der Waals surface area (Å²) in [4.78, 5) is 1.33. The van der Waals surface area contributed by atoms with E-state index >= 15 is 0 Å². The highest BCUT2D eigenvalue weighted by Gasteiger charge is 2.05. The van der Waals surface area contributed by atoms with Gasteiger partial charge in [0.15, 0.2) is 0 Å². The number of hydrogen-bond acceptors (Lipinski definition) is 3. The zero-order valence-electron chi connectivity index (χ0n) is 10.5. The largest absolute Gasteiger partial charge is 0.492 e. The summed E-state index contributed by atoms with van der Waals surface area (Å²) in [6.07, 6.45) is 0. The smallest absolute Gasteiger partial charge is 0.120 e. The van der Waals surface area contributed by atoms with Crippen LogP contribution in [0.1, 0.15) is 17.8 Å². The predicted molar refractivity (Wildman–Crippen MR) is 82.7 cm³/mol. The standard InChI is InChI=1S/C14H15Cl2NOS/c1-10(14-3-2-8-19-14)17-6-7-18-11-4-5-12(15)13(16)9-11/h2-5,8-10,17H,6-7H2,1H3. The Morgan fingerprint density at radius 3 is 2.79 bits per heavy atom. The van der Waals surface area contributed by atoms with Crippen LogP contribution in [0.2, 0.25) is 10.0 Å². The second-order valence-corrected chi connectivity index (χ2v) is 5.91. The number of ether oxygens (including phenoxy) is 1. The molecule has 0 aliphatic rings. The Kier molecular flexibility index (Phi) is 5.52. The molecule has 102 valence electrons. The lowest BCUT2D eigenvalue weighted by Gasteiger charge is -2.13. The van der Waals surface area contributed by atoms with Gasteiger partial charge in [-0.1, -0.05) is 29.3 Å². The maximum Gasteiger partial charge on any atom is 0.120 e. The van der Waals surface area contributed by atoms with Gasteiger partial charge >= 0.3 is 0 Å². The first-order valence-corrected chi connectivity index (χ1v) is 7.65. The molecule has 1 N–H and O–H groups in total. The van der Waals surface area contributed by atoms with Crippen LogP contribution in [-0.2, 0) is 0 Å². The predicted octanol–water partition coefficient (Wildman–Crippen LogP) is 4.78. The second-order valence-electron chi connectivity index (χ2n) is 4.12. The molecule has 0 aliphatic heterocycles. The highest BCUT2D eigenvalue weighted by molar-refractivity contribution is 7.10. The lowest BCUT2D eigenvalue weighted by atomic mass is 10.3. The number of halogens is 2. The van der Waals surface area contributed by atoms with E-state index in [1.54, 1.807) is 23.5 Å². The molecular formula is C14H15Cl2NOS. The Morgan fingerprint density at radius 2 is 2.11 bits per heavy atom. The summed E-state index contributed by atoms with van der Waals surface area (Å²) in [6, 6.07) is 9.81. The molecular weight excluding hydrogens is 301 g/mol. The summed E-state index contributed by atoms with van der Waals surface area (Å²) in [5, 5.41) is 6.54. The summed E-state index contributed by atoms with van der Waals surface area (Å²) in [6.45, 7) is 3.51. The van der Waals surface area contributed by atoms with E-state index in [4.69, 9.17) is 27.9 Å². The maximum atomic E-state index is 5.92. The van der Waals surface area contributed by atoms with Gasteiger partial charge in [0.05, 0.1) is 10.0 Å². The average Bonchev–Trinajstić information content (AvgIpc) is 2.92. The molecule has 19 heavy (non-hydrogen) atoms. The van der Waals surface area contributed by atoms with Gasteiger partial charge in [-0.2, -0.15) is 0 Å². The average molecular weight is 316 g/mol. The first-order chi connectivity index (χ1) is 9.16. The van der Waals surface area contributed by atoms with Crippen LogP contribution in [0.15, 0.2) is 35.7 Å². The van der Waals surface area contributed by atoms with Gasteiger partial charge in [0.25, 0.3) is 0 Å². The SMILES string of the molecule is CC(NCCOc1ccc(Cl)c(Cl)c1)c1cccs1. The van der Waals surface area contributed by atoms with E-state index in [0.29, 0.717) is 22.7 Å². The maximum absolute atomic E-state index is 5.92. The fraction of sp³-hybridized carbons (Fsp3) is 0.286. The van der Waals surface area contributed by atoms with Crippen molar-refractivity contribution in [2.45, 2.75) is 13.0 Å². The van der Waals surface area contributed by atoms with Crippen LogP contribution in [0.5, 0.6) is 5.75 Å². The zero-order chi connectivity index (χ0) is 13.7. The molecule has 0 saturated heterocycles. The molecule has 2 rings (SSSR count). The Labute approximate surface area is 127 Å². The number of benzene rings is 1. The minimum Gasteiger partial charge on any atom is -0.492 e. The third kappa shape index (κ3) is 4.39. The van der Waals surface area contributed by atoms with Gasteiger partial charge in [0.2, 0.25) is 0 Å². The molecule has 2 aromatic rings. The number of rotatable bonds is 6. The molecule has 1 unspecified atom stereocenters. The van der Waals surface area contributed by atoms with Crippen LogP contribution in [0, 0.1) is 0 Å². The third-order valence-corrected chi connectivity index (χ3v) is 4.48. The molecule has 0 amide bonds. The summed E-state index contributed by atoms with van der Waals surface area (Å²) in [7, 11) is 0. The van der Waals surface area contributed by atoms with Crippen molar-refractivity contribution in [2.24, 2.45) is 0 Å². The van der Waals surface area contributed by atoms with Crippen LogP contribution >= 0.6 is 34.5 Å². The van der Waals surface area contributed by atoms with Gasteiger partial charge in [-0.3, -0.25) is 0 Å². The lowest BCUT2D eigenvalue weighted by molar-refractivity contribution is 0.308. The first-order valence-electron chi connectivity index (χ1n) is 6.01. The molecule has 0 fully saturated rings. The molecule has 5 heteroatoms. The highest BCUT2D eigenvalue weighted by atomic mass is 35.5. The van der Waals surface area contributed by atoms with Gasteiger partial charge in [-0.15, -0.1) is 11.3 Å². The van der Waals surface area contributed by atoms with E-state index in [1.807, 2.05) is 6.07 Å². The van der Waals surface area contributed by atoms with Crippen molar-refractivity contribution in [3.63, 3.8) is 0 Å². The Balaban J connectivity index is 1.73. The molecule has 0 bridgehead atoms. The van der Waals surface area contributed by atoms with Gasteiger partial charge in [-0.05, 0) is 30.5 Å². The van der Waals surface area contributed by atoms with Crippen molar-refractivity contribution in [3.8, 4) is 5.75 Å². The Bertz CT molecular complexity index is 516. The van der Waals surface area contributed by atoms with Crippen molar-refractivity contribution >= 4 is 34.5 Å². The van der Waals surface area contributed by atoms with Gasteiger partial charge in [0.1, 0.15) is 12.4 Å². The molecule has 1 heterocycles. The van der Waals surface area contributed by atoms with Crippen LogP contribution in [0.3, 0.4) is 0 Å². The Hall–Kier alpha value is -0.740. The quantitative estimate of drug-likeness (QED) is 0.774. The van der Waals surface area contributed by atoms with Gasteiger partial charge in [0, 0.05) is 23.5 Å². The zero-order valence-corrected chi connectivity index (χ0v) is 12.9. The fourth-order valence-electron chi connectivity index (χ4n) is 1.65. The van der Waals surface area contributed by atoms with Crippen molar-refractivity contribution in [1.29, 1.82) is 0 Å². The summed E-state index contributed by atoms with van der Waals surface area (Å²) >= 11 is 13.5. The fourth-order valence-corrected chi connectivity index (χ4v) is 2.70. The molecule has 0 radical (unpaired) electrons. The van der Waals surface area contributed by atoms with E-state index in [1.165, 1.54) is 4.88 Å². The molecule has 1 atom stereocenters. The second kappa shape index (κ2) is 7.15. The molecule has 0 aliphatic carbocycles. The molecule has 2 nitrogen and oxygen atoms in total. The molecule has 1 aromatic heterocycles. The monoisotopic (exact) mass is 315 g/mol. The van der Waals surface area contributed by atoms with Crippen molar-refractivity contribution in [2.75, 3.05) is 13.2 Å². The summed E-state index contributed by atoms with van der Waals surface area (Å²) in [5.74, 6) is 0.736. The van der Waals surface area contributed by atoms with Gasteiger partial charge < -0.3 is 10.1 Å². The van der Waals surface area contributed by atoms with E-state index < -0.39 is 0 Å². The number of nitrogens with one attached hydrogen (secondary N) is 1. The minimum atomic E-state index is 0.345. The minimum absolute atomic E-state index is 0.345. The van der Waals surface area contributed by atoms with E-state index in [2.05, 4.69) is 29.8 Å². The van der Waals surface area contributed by atoms with Gasteiger partial charge in [-0.25, -0.2) is 0 Å². The first kappa shape index (κ1) is 14.7. The summed E-state index contributed by atoms with van der Waals surface area (Å²) in [5.41, 5.74) is 0. The van der Waals surface area contributed by atoms with Crippen molar-refractivity contribution in [3.05, 3.63) is 50.6 Å². The molecule has 1 aromatic carbocycles. The van der Waals surface area contributed by atoms with Crippen LogP contribution in [0.25, 0.3) is 0 Å². The van der Waals surface area contributed by atoms with Crippen molar-refractivity contribution < 1.29 is 4.74 Å². The van der Waals surface area contributed by atoms with Crippen LogP contribution < -0.4 is 10.1 Å². The highest BCUT2D eigenvalue weighted by Crippen LogP contribution is 2.26. The molecule has 0 saturated carbocycles. The number of thiophene rings is 1. The van der Waals surface area contributed by atoms with Crippen LogP contribution in [-0.4, -0.2) is 13.2 Å². The lowest BCUT2D eigenvalue weighted by Crippen LogP contribution is -2.23. The van der Waals surface area contributed by atoms with Crippen LogP contribution in [0.4, 0.5) is 0 Å². The van der Waals surface area contributed by atoms with E-state index in [9.17, 15) is 0 Å². The van der Waals surface area contributed by atoms with E-state index in [-0.39, 0.29) is 0 Å². The molecule has 0 spiro atoms. The third-order valence-electron chi connectivity index (χ3n) is 2.68. The Morgan fingerprint density at radius 1 is 1.26 bits per heavy atom. The topological polar surface area (TPSA) is 21.3 Å². The summed E-state index contributed by atoms with van der Waals surface area (Å²) < 4.78 is 5.61.